The lowest BCUT2D eigenvalue weighted by Crippen LogP contribution is -2.27. The molecule has 0 unspecified atom stereocenters. The Balaban J connectivity index is 2.31. The first-order chi connectivity index (χ1) is 9.90. The van der Waals surface area contributed by atoms with Crippen LogP contribution in [0.15, 0.2) is 42.5 Å². The molecule has 0 bridgehead atoms. The Labute approximate surface area is 126 Å². The van der Waals surface area contributed by atoms with E-state index in [1.165, 1.54) is 0 Å². The van der Waals surface area contributed by atoms with Gasteiger partial charge in [-0.2, -0.15) is 0 Å². The van der Waals surface area contributed by atoms with Crippen LogP contribution in [-0.4, -0.2) is 24.7 Å². The number of para-hydroxylation sites is 2. The lowest BCUT2D eigenvalue weighted by atomic mass is 10.1. The number of ether oxygens (including phenoxy) is 1. The molecule has 21 heavy (non-hydrogen) atoms. The molecule has 0 saturated heterocycles. The van der Waals surface area contributed by atoms with Crippen molar-refractivity contribution in [3.05, 3.63) is 42.5 Å². The summed E-state index contributed by atoms with van der Waals surface area (Å²) in [6.07, 6.45) is 0. The Morgan fingerprint density at radius 3 is 2.43 bits per heavy atom. The second-order valence-electron chi connectivity index (χ2n) is 5.99. The van der Waals surface area contributed by atoms with E-state index < -0.39 is 0 Å². The second-order valence-corrected chi connectivity index (χ2v) is 5.99. The zero-order chi connectivity index (χ0) is 15.5. The summed E-state index contributed by atoms with van der Waals surface area (Å²) in [6.45, 7) is 6.35. The fourth-order valence-electron chi connectivity index (χ4n) is 2.09. The van der Waals surface area contributed by atoms with Crippen molar-refractivity contribution < 1.29 is 4.74 Å². The third-order valence-corrected chi connectivity index (χ3v) is 3.03. The van der Waals surface area contributed by atoms with Gasteiger partial charge in [0, 0.05) is 12.6 Å². The van der Waals surface area contributed by atoms with Gasteiger partial charge in [-0.3, -0.25) is 0 Å². The van der Waals surface area contributed by atoms with Gasteiger partial charge in [0.1, 0.15) is 17.4 Å². The van der Waals surface area contributed by atoms with Crippen molar-refractivity contribution in [2.24, 2.45) is 0 Å². The highest BCUT2D eigenvalue weighted by atomic mass is 16.5. The molecule has 0 atom stereocenters. The molecule has 112 valence electrons. The predicted molar refractivity (Wildman–Crippen MR) is 88.7 cm³/mol. The molecule has 1 N–H and O–H groups in total. The molecule has 1 aromatic heterocycles. The highest BCUT2D eigenvalue weighted by Crippen LogP contribution is 2.31. The molecule has 4 nitrogen and oxygen atoms in total. The van der Waals surface area contributed by atoms with Crippen LogP contribution >= 0.6 is 0 Å². The SMILES string of the molecule is COc1ccccc1N(C)c1cccc(NC(C)(C)C)n1. The fourth-order valence-corrected chi connectivity index (χ4v) is 2.09. The molecule has 0 aliphatic carbocycles. The molecular weight excluding hydrogens is 262 g/mol. The van der Waals surface area contributed by atoms with Gasteiger partial charge < -0.3 is 15.0 Å². The first-order valence-electron chi connectivity index (χ1n) is 7.03. The van der Waals surface area contributed by atoms with Gasteiger partial charge in [-0.15, -0.1) is 0 Å². The van der Waals surface area contributed by atoms with E-state index in [1.807, 2.05) is 54.4 Å². The summed E-state index contributed by atoms with van der Waals surface area (Å²) in [5.74, 6) is 2.56. The average Bonchev–Trinajstić information content (AvgIpc) is 2.45. The maximum absolute atomic E-state index is 5.41. The summed E-state index contributed by atoms with van der Waals surface area (Å²) < 4.78 is 5.41. The van der Waals surface area contributed by atoms with E-state index in [0.717, 1.165) is 23.1 Å². The summed E-state index contributed by atoms with van der Waals surface area (Å²) in [6, 6.07) is 13.9. The fraction of sp³-hybridized carbons (Fsp3) is 0.353. The summed E-state index contributed by atoms with van der Waals surface area (Å²) in [4.78, 5) is 6.69. The number of hydrogen-bond acceptors (Lipinski definition) is 4. The van der Waals surface area contributed by atoms with Crippen LogP contribution in [-0.2, 0) is 0 Å². The third-order valence-electron chi connectivity index (χ3n) is 3.03. The second kappa shape index (κ2) is 6.04. The minimum absolute atomic E-state index is 0.0192. The van der Waals surface area contributed by atoms with E-state index in [-0.39, 0.29) is 5.54 Å². The lowest BCUT2D eigenvalue weighted by molar-refractivity contribution is 0.415. The van der Waals surface area contributed by atoms with Crippen LogP contribution in [0.1, 0.15) is 20.8 Å². The number of nitrogens with one attached hydrogen (secondary N) is 1. The van der Waals surface area contributed by atoms with Gasteiger partial charge in [-0.1, -0.05) is 18.2 Å². The molecule has 0 aliphatic rings. The largest absolute Gasteiger partial charge is 0.495 e. The first kappa shape index (κ1) is 15.2. The van der Waals surface area contributed by atoms with Gasteiger partial charge in [-0.05, 0) is 45.0 Å². The predicted octanol–water partition coefficient (Wildman–Crippen LogP) is 4.07. The van der Waals surface area contributed by atoms with Crippen LogP contribution < -0.4 is 15.0 Å². The molecule has 0 spiro atoms. The summed E-state index contributed by atoms with van der Waals surface area (Å²) in [5.41, 5.74) is 0.967. The number of benzene rings is 1. The smallest absolute Gasteiger partial charge is 0.142 e. The van der Waals surface area contributed by atoms with E-state index in [4.69, 9.17) is 4.74 Å². The zero-order valence-electron chi connectivity index (χ0n) is 13.3. The lowest BCUT2D eigenvalue weighted by Gasteiger charge is -2.24. The Kier molecular flexibility index (Phi) is 4.36. The van der Waals surface area contributed by atoms with E-state index in [1.54, 1.807) is 7.11 Å². The summed E-state index contributed by atoms with van der Waals surface area (Å²) in [7, 11) is 3.67. The van der Waals surface area contributed by atoms with Crippen molar-refractivity contribution in [2.45, 2.75) is 26.3 Å². The van der Waals surface area contributed by atoms with Crippen LogP contribution in [0.3, 0.4) is 0 Å². The number of methoxy groups -OCH3 is 1. The molecule has 0 amide bonds. The van der Waals surface area contributed by atoms with Crippen LogP contribution in [0.2, 0.25) is 0 Å². The average molecular weight is 285 g/mol. The summed E-state index contributed by atoms with van der Waals surface area (Å²) >= 11 is 0. The highest BCUT2D eigenvalue weighted by molar-refractivity contribution is 5.67. The Hall–Kier alpha value is -2.23. The Bertz CT molecular complexity index is 605. The molecule has 1 aromatic carbocycles. The number of rotatable bonds is 4. The zero-order valence-corrected chi connectivity index (χ0v) is 13.3. The molecule has 2 rings (SSSR count). The van der Waals surface area contributed by atoms with Gasteiger partial charge in [0.2, 0.25) is 0 Å². The number of pyridine rings is 1. The van der Waals surface area contributed by atoms with Gasteiger partial charge in [0.25, 0.3) is 0 Å². The third kappa shape index (κ3) is 3.88. The van der Waals surface area contributed by atoms with Crippen molar-refractivity contribution in [2.75, 3.05) is 24.4 Å². The van der Waals surface area contributed by atoms with Crippen LogP contribution in [0.4, 0.5) is 17.3 Å². The van der Waals surface area contributed by atoms with Crippen LogP contribution in [0.25, 0.3) is 0 Å². The molecule has 0 saturated carbocycles. The Morgan fingerprint density at radius 1 is 1.05 bits per heavy atom. The van der Waals surface area contributed by atoms with Gasteiger partial charge >= 0.3 is 0 Å². The molecule has 2 aromatic rings. The monoisotopic (exact) mass is 285 g/mol. The minimum atomic E-state index is -0.0192. The number of aromatic nitrogens is 1. The van der Waals surface area contributed by atoms with Crippen molar-refractivity contribution >= 4 is 17.3 Å². The maximum Gasteiger partial charge on any atom is 0.142 e. The number of hydrogen-bond donors (Lipinski definition) is 1. The molecular formula is C17H23N3O. The van der Waals surface area contributed by atoms with E-state index in [9.17, 15) is 0 Å². The molecule has 0 aliphatic heterocycles. The van der Waals surface area contributed by atoms with E-state index >= 15 is 0 Å². The topological polar surface area (TPSA) is 37.4 Å². The van der Waals surface area contributed by atoms with Crippen molar-refractivity contribution in [3.63, 3.8) is 0 Å². The molecule has 0 radical (unpaired) electrons. The molecule has 0 fully saturated rings. The van der Waals surface area contributed by atoms with E-state index in [2.05, 4.69) is 31.1 Å². The van der Waals surface area contributed by atoms with Gasteiger partial charge in [0.15, 0.2) is 0 Å². The quantitative estimate of drug-likeness (QED) is 0.919. The van der Waals surface area contributed by atoms with Crippen LogP contribution in [0.5, 0.6) is 5.75 Å². The number of nitrogens with zero attached hydrogens (tertiary/aromatic N) is 2. The highest BCUT2D eigenvalue weighted by Gasteiger charge is 2.13. The summed E-state index contributed by atoms with van der Waals surface area (Å²) in [5, 5.41) is 3.39. The van der Waals surface area contributed by atoms with E-state index in [0.29, 0.717) is 0 Å². The minimum Gasteiger partial charge on any atom is -0.495 e. The first-order valence-corrected chi connectivity index (χ1v) is 7.03. The Morgan fingerprint density at radius 2 is 1.76 bits per heavy atom. The maximum atomic E-state index is 5.41. The number of anilines is 3. The molecule has 4 heteroatoms. The molecule has 1 heterocycles. The van der Waals surface area contributed by atoms with Gasteiger partial charge in [0.05, 0.1) is 12.8 Å². The van der Waals surface area contributed by atoms with Crippen LogP contribution in [0, 0.1) is 0 Å². The van der Waals surface area contributed by atoms with Gasteiger partial charge in [-0.25, -0.2) is 4.98 Å². The van der Waals surface area contributed by atoms with Crippen molar-refractivity contribution in [1.29, 1.82) is 0 Å². The van der Waals surface area contributed by atoms with Crippen molar-refractivity contribution in [1.82, 2.24) is 4.98 Å². The van der Waals surface area contributed by atoms with Crippen molar-refractivity contribution in [3.8, 4) is 5.75 Å². The standard InChI is InChI=1S/C17H23N3O/c1-17(2,3)19-15-11-8-12-16(18-15)20(4)13-9-6-7-10-14(13)21-5/h6-12H,1-5H3,(H,18,19). The normalized spacial score (nSPS) is 11.1.